The molecule has 1 aromatic rings. The Morgan fingerprint density at radius 2 is 2.04 bits per heavy atom. The molecular formula is C15H23N3O4S. The zero-order chi connectivity index (χ0) is 16.5. The van der Waals surface area contributed by atoms with Gasteiger partial charge in [-0.2, -0.15) is 12.7 Å². The summed E-state index contributed by atoms with van der Waals surface area (Å²) < 4.78 is 32.7. The minimum Gasteiger partial charge on any atom is -0.494 e. The molecular weight excluding hydrogens is 318 g/mol. The quantitative estimate of drug-likeness (QED) is 0.418. The smallest absolute Gasteiger partial charge is 0.279 e. The number of nitrogens with zero attached hydrogens (tertiary/aromatic N) is 2. The molecule has 128 valence electrons. The summed E-state index contributed by atoms with van der Waals surface area (Å²) in [7, 11) is -1.70. The molecule has 2 rings (SSSR count). The Hall–Kier alpha value is -1.64. The maximum atomic E-state index is 11.5. The summed E-state index contributed by atoms with van der Waals surface area (Å²) in [6, 6.07) is 7.59. The number of nitrogens with one attached hydrogen (secondary N) is 1. The first-order valence-corrected chi connectivity index (χ1v) is 9.10. The van der Waals surface area contributed by atoms with Crippen molar-refractivity contribution in [2.24, 2.45) is 5.16 Å². The second-order valence-corrected chi connectivity index (χ2v) is 6.95. The first-order chi connectivity index (χ1) is 11.1. The van der Waals surface area contributed by atoms with Gasteiger partial charge in [0.05, 0.1) is 12.8 Å². The molecule has 0 aromatic heterocycles. The molecule has 1 N–H and O–H groups in total. The van der Waals surface area contributed by atoms with E-state index in [1.807, 2.05) is 24.3 Å². The molecule has 1 heterocycles. The lowest BCUT2D eigenvalue weighted by Gasteiger charge is -2.12. The predicted molar refractivity (Wildman–Crippen MR) is 88.9 cm³/mol. The highest BCUT2D eigenvalue weighted by Crippen LogP contribution is 2.12. The summed E-state index contributed by atoms with van der Waals surface area (Å²) in [5, 5.41) is 3.69. The molecule has 1 fully saturated rings. The Kier molecular flexibility index (Phi) is 6.82. The Morgan fingerprint density at radius 1 is 1.26 bits per heavy atom. The van der Waals surface area contributed by atoms with Crippen LogP contribution in [0.25, 0.3) is 0 Å². The molecule has 0 atom stereocenters. The van der Waals surface area contributed by atoms with E-state index >= 15 is 0 Å². The fourth-order valence-corrected chi connectivity index (χ4v) is 3.50. The van der Waals surface area contributed by atoms with Gasteiger partial charge in [-0.15, -0.1) is 0 Å². The van der Waals surface area contributed by atoms with Crippen LogP contribution in [-0.2, 0) is 15.0 Å². The van der Waals surface area contributed by atoms with E-state index in [0.717, 1.165) is 30.6 Å². The molecule has 7 nitrogen and oxygen atoms in total. The topological polar surface area (TPSA) is 80.2 Å². The highest BCUT2D eigenvalue weighted by molar-refractivity contribution is 7.87. The highest BCUT2D eigenvalue weighted by atomic mass is 32.2. The van der Waals surface area contributed by atoms with E-state index in [1.165, 1.54) is 11.4 Å². The van der Waals surface area contributed by atoms with Gasteiger partial charge in [0, 0.05) is 19.6 Å². The Labute approximate surface area is 137 Å². The van der Waals surface area contributed by atoms with Crippen LogP contribution in [0.3, 0.4) is 0 Å². The molecule has 1 aromatic carbocycles. The van der Waals surface area contributed by atoms with Gasteiger partial charge in [0.2, 0.25) is 0 Å². The van der Waals surface area contributed by atoms with Crippen LogP contribution in [0.2, 0.25) is 0 Å². The number of unbranched alkanes of at least 4 members (excludes halogenated alkanes) is 2. The number of oxime groups is 1. The standard InChI is InChI=1S/C15H23N3O4S/c1-21-16-13-14-5-7-15(8-6-14)22-12-4-2-3-10-18-11-9-17-23(18,19)20/h5-8,13,17H,2-4,9-12H2,1H3/b16-13+. The van der Waals surface area contributed by atoms with Crippen molar-refractivity contribution in [1.82, 2.24) is 9.03 Å². The van der Waals surface area contributed by atoms with Gasteiger partial charge in [-0.3, -0.25) is 0 Å². The number of hydrogen-bond donors (Lipinski definition) is 1. The van der Waals surface area contributed by atoms with Crippen LogP contribution < -0.4 is 9.46 Å². The average Bonchev–Trinajstić information content (AvgIpc) is 2.88. The van der Waals surface area contributed by atoms with Crippen LogP contribution >= 0.6 is 0 Å². The van der Waals surface area contributed by atoms with Crippen LogP contribution in [0.5, 0.6) is 5.75 Å². The summed E-state index contributed by atoms with van der Waals surface area (Å²) >= 11 is 0. The van der Waals surface area contributed by atoms with Gasteiger partial charge in [0.15, 0.2) is 0 Å². The van der Waals surface area contributed by atoms with E-state index in [0.29, 0.717) is 26.2 Å². The van der Waals surface area contributed by atoms with Crippen molar-refractivity contribution in [3.05, 3.63) is 29.8 Å². The van der Waals surface area contributed by atoms with Gasteiger partial charge in [0.25, 0.3) is 10.2 Å². The first kappa shape index (κ1) is 17.7. The fraction of sp³-hybridized carbons (Fsp3) is 0.533. The normalized spacial score (nSPS) is 17.6. The van der Waals surface area contributed by atoms with Crippen molar-refractivity contribution in [3.63, 3.8) is 0 Å². The molecule has 8 heteroatoms. The van der Waals surface area contributed by atoms with Crippen LogP contribution in [0.4, 0.5) is 0 Å². The van der Waals surface area contributed by atoms with E-state index in [1.54, 1.807) is 6.21 Å². The molecule has 1 saturated heterocycles. The van der Waals surface area contributed by atoms with Gasteiger partial charge in [-0.1, -0.05) is 5.16 Å². The van der Waals surface area contributed by atoms with Crippen molar-refractivity contribution < 1.29 is 18.0 Å². The summed E-state index contributed by atoms with van der Waals surface area (Å²) in [5.41, 5.74) is 0.944. The SMILES string of the molecule is CO/N=C/c1ccc(OCCCCCN2CCNS2(=O)=O)cc1. The Balaban J connectivity index is 1.59. The largest absolute Gasteiger partial charge is 0.494 e. The van der Waals surface area contributed by atoms with E-state index in [9.17, 15) is 8.42 Å². The minimum atomic E-state index is -3.20. The van der Waals surface area contributed by atoms with E-state index in [2.05, 4.69) is 14.7 Å². The number of rotatable bonds is 9. The van der Waals surface area contributed by atoms with Gasteiger partial charge < -0.3 is 9.57 Å². The fourth-order valence-electron chi connectivity index (χ4n) is 2.26. The number of benzene rings is 1. The van der Waals surface area contributed by atoms with Crippen molar-refractivity contribution in [2.75, 3.05) is 33.4 Å². The van der Waals surface area contributed by atoms with Gasteiger partial charge in [-0.25, -0.2) is 4.72 Å². The molecule has 0 radical (unpaired) electrons. The van der Waals surface area contributed by atoms with Crippen LogP contribution in [0, 0.1) is 0 Å². The zero-order valence-electron chi connectivity index (χ0n) is 13.3. The van der Waals surface area contributed by atoms with E-state index in [-0.39, 0.29) is 0 Å². The number of hydrogen-bond acceptors (Lipinski definition) is 5. The maximum absolute atomic E-state index is 11.5. The second-order valence-electron chi connectivity index (χ2n) is 5.19. The van der Waals surface area contributed by atoms with Crippen molar-refractivity contribution in [1.29, 1.82) is 0 Å². The lowest BCUT2D eigenvalue weighted by atomic mass is 10.2. The molecule has 0 aliphatic carbocycles. The molecule has 0 spiro atoms. The second kappa shape index (κ2) is 8.85. The monoisotopic (exact) mass is 341 g/mol. The van der Waals surface area contributed by atoms with Crippen molar-refractivity contribution in [3.8, 4) is 5.75 Å². The third-order valence-electron chi connectivity index (χ3n) is 3.49. The maximum Gasteiger partial charge on any atom is 0.279 e. The van der Waals surface area contributed by atoms with Crippen LogP contribution in [0.1, 0.15) is 24.8 Å². The molecule has 0 unspecified atom stereocenters. The Bertz CT molecular complexity index is 602. The summed E-state index contributed by atoms with van der Waals surface area (Å²) in [6.45, 7) is 2.27. The van der Waals surface area contributed by atoms with Crippen molar-refractivity contribution >= 4 is 16.4 Å². The molecule has 0 amide bonds. The molecule has 23 heavy (non-hydrogen) atoms. The van der Waals surface area contributed by atoms with E-state index < -0.39 is 10.2 Å². The lowest BCUT2D eigenvalue weighted by Crippen LogP contribution is -2.30. The first-order valence-electron chi connectivity index (χ1n) is 7.66. The van der Waals surface area contributed by atoms with Crippen LogP contribution in [0.15, 0.2) is 29.4 Å². The molecule has 0 saturated carbocycles. The predicted octanol–water partition coefficient (Wildman–Crippen LogP) is 1.37. The lowest BCUT2D eigenvalue weighted by molar-refractivity contribution is 0.215. The van der Waals surface area contributed by atoms with Crippen molar-refractivity contribution in [2.45, 2.75) is 19.3 Å². The minimum absolute atomic E-state index is 0.510. The number of ether oxygens (including phenoxy) is 1. The third-order valence-corrected chi connectivity index (χ3v) is 5.11. The molecule has 0 bridgehead atoms. The summed E-state index contributed by atoms with van der Waals surface area (Å²) in [5.74, 6) is 0.811. The van der Waals surface area contributed by atoms with Crippen LogP contribution in [-0.4, -0.2) is 52.3 Å². The van der Waals surface area contributed by atoms with Gasteiger partial charge in [0.1, 0.15) is 12.9 Å². The zero-order valence-corrected chi connectivity index (χ0v) is 14.1. The summed E-state index contributed by atoms with van der Waals surface area (Å²) in [6.07, 6.45) is 4.31. The summed E-state index contributed by atoms with van der Waals surface area (Å²) in [4.78, 5) is 4.62. The molecule has 1 aliphatic heterocycles. The Morgan fingerprint density at radius 3 is 2.70 bits per heavy atom. The third kappa shape index (κ3) is 5.81. The average molecular weight is 341 g/mol. The van der Waals surface area contributed by atoms with E-state index in [4.69, 9.17) is 4.74 Å². The van der Waals surface area contributed by atoms with Gasteiger partial charge >= 0.3 is 0 Å². The highest BCUT2D eigenvalue weighted by Gasteiger charge is 2.26. The molecule has 1 aliphatic rings. The van der Waals surface area contributed by atoms with Gasteiger partial charge in [-0.05, 0) is 49.1 Å².